The average molecular weight is 292 g/mol. The van der Waals surface area contributed by atoms with Gasteiger partial charge < -0.3 is 0 Å². The Morgan fingerprint density at radius 2 is 2.10 bits per heavy atom. The van der Waals surface area contributed by atoms with Crippen molar-refractivity contribution in [2.24, 2.45) is 0 Å². The Hall–Kier alpha value is -2.24. The molecular weight excluding hydrogens is 275 g/mol. The van der Waals surface area contributed by atoms with Gasteiger partial charge >= 0.3 is 0 Å². The van der Waals surface area contributed by atoms with E-state index in [1.165, 1.54) is 6.08 Å². The first kappa shape index (κ1) is 15.2. The van der Waals surface area contributed by atoms with E-state index in [-0.39, 0.29) is 19.4 Å². The molecule has 5 nitrogen and oxygen atoms in total. The zero-order valence-electron chi connectivity index (χ0n) is 12.0. The molecule has 0 aromatic carbocycles. The molecule has 2 aliphatic heterocycles. The molecule has 2 heterocycles. The predicted octanol–water partition coefficient (Wildman–Crippen LogP) is 1.38. The molecule has 1 unspecified atom stereocenters. The van der Waals surface area contributed by atoms with Crippen LogP contribution in [-0.4, -0.2) is 35.0 Å². The van der Waals surface area contributed by atoms with Crippen LogP contribution in [0.25, 0.3) is 0 Å². The molecule has 0 aromatic rings. The van der Waals surface area contributed by atoms with Crippen LogP contribution in [0, 0.1) is 0 Å². The number of nitrogens with one attached hydrogen (secondary N) is 1. The standard InChI is InChI=1S/C15H17FN2O3/c1-4-9(3)11-8-18(13(20)10(11)5-2)15(16)7-6-12(19)17-14(15)21/h4-5H,2,6-8H2,1,3H3,(H,17,19,21)/b9-4-. The molecule has 1 atom stereocenters. The highest BCUT2D eigenvalue weighted by Crippen LogP contribution is 2.35. The third-order valence-corrected chi connectivity index (χ3v) is 3.94. The van der Waals surface area contributed by atoms with Crippen LogP contribution < -0.4 is 5.32 Å². The number of rotatable bonds is 3. The van der Waals surface area contributed by atoms with E-state index in [1.54, 1.807) is 0 Å². The van der Waals surface area contributed by atoms with Crippen molar-refractivity contribution in [3.8, 4) is 0 Å². The number of imide groups is 1. The second kappa shape index (κ2) is 5.27. The zero-order chi connectivity index (χ0) is 15.8. The minimum absolute atomic E-state index is 0.00549. The van der Waals surface area contributed by atoms with E-state index in [0.717, 1.165) is 10.5 Å². The summed E-state index contributed by atoms with van der Waals surface area (Å²) in [5.41, 5.74) is 1.78. The van der Waals surface area contributed by atoms with Crippen LogP contribution in [0.2, 0.25) is 0 Å². The summed E-state index contributed by atoms with van der Waals surface area (Å²) < 4.78 is 15.0. The number of alkyl halides is 1. The van der Waals surface area contributed by atoms with Gasteiger partial charge in [-0.2, -0.15) is 0 Å². The first-order valence-electron chi connectivity index (χ1n) is 6.69. The van der Waals surface area contributed by atoms with Gasteiger partial charge in [0.2, 0.25) is 5.91 Å². The van der Waals surface area contributed by atoms with Gasteiger partial charge in [-0.25, -0.2) is 4.39 Å². The fraction of sp³-hybridized carbons (Fsp3) is 0.400. The summed E-state index contributed by atoms with van der Waals surface area (Å²) in [5, 5.41) is 1.95. The number of allylic oxidation sites excluding steroid dienone is 1. The minimum atomic E-state index is -2.49. The second-order valence-electron chi connectivity index (χ2n) is 5.10. The van der Waals surface area contributed by atoms with Gasteiger partial charge in [0.1, 0.15) is 0 Å². The summed E-state index contributed by atoms with van der Waals surface area (Å²) in [6.07, 6.45) is 2.73. The van der Waals surface area contributed by atoms with Crippen molar-refractivity contribution >= 4 is 17.7 Å². The van der Waals surface area contributed by atoms with Gasteiger partial charge in [0.05, 0.1) is 6.54 Å². The second-order valence-corrected chi connectivity index (χ2v) is 5.10. The third kappa shape index (κ3) is 2.30. The smallest absolute Gasteiger partial charge is 0.285 e. The Morgan fingerprint density at radius 1 is 1.43 bits per heavy atom. The molecule has 0 radical (unpaired) electrons. The lowest BCUT2D eigenvalue weighted by Gasteiger charge is -2.35. The number of hydrogen-bond acceptors (Lipinski definition) is 3. The largest absolute Gasteiger partial charge is 0.294 e. The van der Waals surface area contributed by atoms with Crippen LogP contribution in [0.4, 0.5) is 4.39 Å². The number of carbonyl (C=O) groups excluding carboxylic acids is 3. The van der Waals surface area contributed by atoms with Crippen molar-refractivity contribution in [2.75, 3.05) is 6.54 Å². The first-order valence-corrected chi connectivity index (χ1v) is 6.69. The molecule has 0 aliphatic carbocycles. The number of amides is 3. The molecule has 2 rings (SSSR count). The van der Waals surface area contributed by atoms with E-state index in [2.05, 4.69) is 6.58 Å². The van der Waals surface area contributed by atoms with E-state index in [9.17, 15) is 14.4 Å². The Kier molecular flexibility index (Phi) is 3.80. The van der Waals surface area contributed by atoms with E-state index < -0.39 is 23.5 Å². The fourth-order valence-electron chi connectivity index (χ4n) is 2.53. The lowest BCUT2D eigenvalue weighted by atomic mass is 10.0. The molecule has 3 amide bonds. The van der Waals surface area contributed by atoms with Gasteiger partial charge in [0.25, 0.3) is 17.6 Å². The first-order chi connectivity index (χ1) is 9.85. The van der Waals surface area contributed by atoms with Crippen molar-refractivity contribution in [1.82, 2.24) is 10.2 Å². The lowest BCUT2D eigenvalue weighted by Crippen LogP contribution is -2.61. The van der Waals surface area contributed by atoms with Crippen molar-refractivity contribution in [3.63, 3.8) is 0 Å². The molecule has 1 saturated heterocycles. The molecule has 112 valence electrons. The highest BCUT2D eigenvalue weighted by Gasteiger charge is 2.52. The summed E-state index contributed by atoms with van der Waals surface area (Å²) in [4.78, 5) is 36.2. The molecule has 1 N–H and O–H groups in total. The van der Waals surface area contributed by atoms with Crippen LogP contribution >= 0.6 is 0 Å². The maximum atomic E-state index is 15.0. The molecule has 0 bridgehead atoms. The summed E-state index contributed by atoms with van der Waals surface area (Å²) in [6.45, 7) is 7.20. The number of nitrogens with zero attached hydrogens (tertiary/aromatic N) is 1. The van der Waals surface area contributed by atoms with Crippen LogP contribution in [-0.2, 0) is 14.4 Å². The van der Waals surface area contributed by atoms with E-state index in [0.29, 0.717) is 11.1 Å². The Morgan fingerprint density at radius 3 is 2.62 bits per heavy atom. The minimum Gasteiger partial charge on any atom is -0.294 e. The monoisotopic (exact) mass is 292 g/mol. The Balaban J connectivity index is 2.37. The number of piperidine rings is 1. The van der Waals surface area contributed by atoms with Gasteiger partial charge in [-0.3, -0.25) is 24.6 Å². The highest BCUT2D eigenvalue weighted by atomic mass is 19.1. The van der Waals surface area contributed by atoms with Crippen LogP contribution in [0.15, 0.2) is 35.5 Å². The molecule has 0 saturated carbocycles. The molecule has 6 heteroatoms. The highest BCUT2D eigenvalue weighted by molar-refractivity contribution is 6.07. The Labute approximate surface area is 122 Å². The molecule has 21 heavy (non-hydrogen) atoms. The third-order valence-electron chi connectivity index (χ3n) is 3.94. The van der Waals surface area contributed by atoms with Gasteiger partial charge in [-0.15, -0.1) is 0 Å². The maximum absolute atomic E-state index is 15.0. The lowest BCUT2D eigenvalue weighted by molar-refractivity contribution is -0.163. The molecule has 0 spiro atoms. The van der Waals surface area contributed by atoms with Crippen molar-refractivity contribution in [1.29, 1.82) is 0 Å². The topological polar surface area (TPSA) is 66.5 Å². The molecular formula is C15H17FN2O3. The van der Waals surface area contributed by atoms with Crippen LogP contribution in [0.3, 0.4) is 0 Å². The molecule has 1 fully saturated rings. The van der Waals surface area contributed by atoms with Crippen LogP contribution in [0.5, 0.6) is 0 Å². The fourth-order valence-corrected chi connectivity index (χ4v) is 2.53. The normalized spacial score (nSPS) is 27.3. The van der Waals surface area contributed by atoms with Gasteiger partial charge in [-0.1, -0.05) is 18.7 Å². The SMILES string of the molecule is C=CC1=C(/C(C)=C\C)CN(C2(F)CCC(=O)NC2=O)C1=O. The number of halogens is 1. The molecule has 2 aliphatic rings. The van der Waals surface area contributed by atoms with Crippen molar-refractivity contribution in [3.05, 3.63) is 35.5 Å². The average Bonchev–Trinajstić information content (AvgIpc) is 2.80. The number of carbonyl (C=O) groups is 3. The van der Waals surface area contributed by atoms with Crippen molar-refractivity contribution in [2.45, 2.75) is 32.5 Å². The van der Waals surface area contributed by atoms with Gasteiger partial charge in [0, 0.05) is 18.4 Å². The van der Waals surface area contributed by atoms with E-state index in [4.69, 9.17) is 0 Å². The maximum Gasteiger partial charge on any atom is 0.285 e. The predicted molar refractivity (Wildman–Crippen MR) is 74.6 cm³/mol. The summed E-state index contributed by atoms with van der Waals surface area (Å²) in [5.74, 6) is -4.67. The summed E-state index contributed by atoms with van der Waals surface area (Å²) in [6, 6.07) is 0. The number of hydrogen-bond donors (Lipinski definition) is 1. The van der Waals surface area contributed by atoms with Crippen molar-refractivity contribution < 1.29 is 18.8 Å². The van der Waals surface area contributed by atoms with E-state index in [1.807, 2.05) is 25.2 Å². The van der Waals surface area contributed by atoms with Gasteiger partial charge in [0.15, 0.2) is 0 Å². The van der Waals surface area contributed by atoms with Gasteiger partial charge in [-0.05, 0) is 25.0 Å². The zero-order valence-corrected chi connectivity index (χ0v) is 12.0. The molecule has 0 aromatic heterocycles. The van der Waals surface area contributed by atoms with Crippen LogP contribution in [0.1, 0.15) is 26.7 Å². The Bertz CT molecular complexity index is 606. The summed E-state index contributed by atoms with van der Waals surface area (Å²) in [7, 11) is 0. The summed E-state index contributed by atoms with van der Waals surface area (Å²) >= 11 is 0. The quantitative estimate of drug-likeness (QED) is 0.631. The van der Waals surface area contributed by atoms with E-state index >= 15 is 4.39 Å².